The number of ketones is 1. The van der Waals surface area contributed by atoms with Crippen LogP contribution in [0.2, 0.25) is 0 Å². The van der Waals surface area contributed by atoms with Crippen molar-refractivity contribution in [2.75, 3.05) is 6.26 Å². The molecule has 0 fully saturated rings. The molecule has 0 spiro atoms. The standard InChI is InChI=1S/C14H15IN2O4S/c1-4-17-14(19)10(7-16-17)13(18)9-5-6-11(22(3,20)21)12(15)8(9)2/h5-7,16H,4H2,1-3H3. The quantitative estimate of drug-likeness (QED) is 0.587. The third-order valence-corrected chi connectivity index (χ3v) is 6.29. The number of sulfone groups is 1. The summed E-state index contributed by atoms with van der Waals surface area (Å²) in [7, 11) is -3.36. The highest BCUT2D eigenvalue weighted by Crippen LogP contribution is 2.25. The smallest absolute Gasteiger partial charge is 0.277 e. The van der Waals surface area contributed by atoms with Gasteiger partial charge in [0.15, 0.2) is 15.6 Å². The van der Waals surface area contributed by atoms with Gasteiger partial charge in [-0.2, -0.15) is 0 Å². The number of carbonyl (C=O) groups is 1. The highest BCUT2D eigenvalue weighted by molar-refractivity contribution is 14.1. The average Bonchev–Trinajstić information content (AvgIpc) is 2.80. The van der Waals surface area contributed by atoms with Gasteiger partial charge in [-0.15, -0.1) is 0 Å². The number of aryl methyl sites for hydroxylation is 1. The number of aromatic amines is 1. The Bertz CT molecular complexity index is 909. The van der Waals surface area contributed by atoms with Crippen LogP contribution in [-0.4, -0.2) is 30.2 Å². The van der Waals surface area contributed by atoms with Crippen molar-refractivity contribution in [3.05, 3.63) is 48.9 Å². The summed E-state index contributed by atoms with van der Waals surface area (Å²) in [4.78, 5) is 24.8. The molecule has 8 heteroatoms. The number of hydrogen-bond donors (Lipinski definition) is 1. The molecule has 0 saturated heterocycles. The van der Waals surface area contributed by atoms with Gasteiger partial charge >= 0.3 is 0 Å². The maximum Gasteiger partial charge on any atom is 0.277 e. The van der Waals surface area contributed by atoms with Gasteiger partial charge in [-0.3, -0.25) is 14.3 Å². The highest BCUT2D eigenvalue weighted by atomic mass is 127. The molecular weight excluding hydrogens is 419 g/mol. The molecule has 1 aromatic heterocycles. The first-order valence-electron chi connectivity index (χ1n) is 6.50. The molecule has 1 heterocycles. The van der Waals surface area contributed by atoms with E-state index < -0.39 is 15.6 Å². The number of aromatic nitrogens is 2. The fourth-order valence-corrected chi connectivity index (χ4v) is 4.61. The first-order chi connectivity index (χ1) is 10.2. The SMILES string of the molecule is CCn1[nH]cc(C(=O)c2ccc(S(C)(=O)=O)c(I)c2C)c1=O. The van der Waals surface area contributed by atoms with E-state index in [1.807, 2.05) is 22.6 Å². The van der Waals surface area contributed by atoms with Gasteiger partial charge in [0, 0.05) is 28.1 Å². The van der Waals surface area contributed by atoms with Crippen LogP contribution in [0, 0.1) is 10.5 Å². The van der Waals surface area contributed by atoms with Crippen LogP contribution >= 0.6 is 22.6 Å². The third kappa shape index (κ3) is 2.89. The summed E-state index contributed by atoms with van der Waals surface area (Å²) in [5.74, 6) is -0.413. The highest BCUT2D eigenvalue weighted by Gasteiger charge is 2.22. The summed E-state index contributed by atoms with van der Waals surface area (Å²) >= 11 is 1.91. The molecule has 1 aromatic carbocycles. The van der Waals surface area contributed by atoms with E-state index in [0.717, 1.165) is 6.26 Å². The fourth-order valence-electron chi connectivity index (χ4n) is 2.14. The van der Waals surface area contributed by atoms with Gasteiger partial charge in [0.05, 0.1) is 4.90 Å². The number of nitrogens with zero attached hydrogens (tertiary/aromatic N) is 1. The van der Waals surface area contributed by atoms with Gasteiger partial charge in [-0.05, 0) is 54.1 Å². The zero-order valence-corrected chi connectivity index (χ0v) is 15.3. The number of rotatable bonds is 4. The van der Waals surface area contributed by atoms with E-state index in [-0.39, 0.29) is 16.0 Å². The van der Waals surface area contributed by atoms with Crippen molar-refractivity contribution in [1.82, 2.24) is 9.78 Å². The second-order valence-electron chi connectivity index (χ2n) is 4.89. The molecule has 0 bridgehead atoms. The van der Waals surface area contributed by atoms with Crippen molar-refractivity contribution in [3.63, 3.8) is 0 Å². The van der Waals surface area contributed by atoms with Crippen molar-refractivity contribution in [1.29, 1.82) is 0 Å². The Kier molecular flexibility index (Phi) is 4.62. The van der Waals surface area contributed by atoms with E-state index in [1.165, 1.54) is 23.0 Å². The van der Waals surface area contributed by atoms with Crippen molar-refractivity contribution in [3.8, 4) is 0 Å². The molecule has 2 rings (SSSR count). The monoisotopic (exact) mass is 434 g/mol. The van der Waals surface area contributed by atoms with Crippen LogP contribution in [0.3, 0.4) is 0 Å². The molecule has 2 aromatic rings. The first kappa shape index (κ1) is 16.9. The largest absolute Gasteiger partial charge is 0.302 e. The van der Waals surface area contributed by atoms with E-state index in [1.54, 1.807) is 13.8 Å². The summed E-state index contributed by atoms with van der Waals surface area (Å²) in [5.41, 5.74) is 0.551. The van der Waals surface area contributed by atoms with E-state index >= 15 is 0 Å². The van der Waals surface area contributed by atoms with Crippen LogP contribution in [0.4, 0.5) is 0 Å². The van der Waals surface area contributed by atoms with Crippen LogP contribution in [0.25, 0.3) is 0 Å². The van der Waals surface area contributed by atoms with Crippen LogP contribution in [0.5, 0.6) is 0 Å². The molecule has 0 aliphatic heterocycles. The van der Waals surface area contributed by atoms with Crippen LogP contribution in [0.15, 0.2) is 28.0 Å². The Balaban J connectivity index is 2.59. The van der Waals surface area contributed by atoms with Crippen molar-refractivity contribution in [2.24, 2.45) is 0 Å². The van der Waals surface area contributed by atoms with E-state index in [4.69, 9.17) is 0 Å². The zero-order valence-electron chi connectivity index (χ0n) is 12.3. The van der Waals surface area contributed by atoms with E-state index in [0.29, 0.717) is 21.2 Å². The maximum absolute atomic E-state index is 12.5. The number of H-pyrrole nitrogens is 1. The Hall–Kier alpha value is -1.42. The van der Waals surface area contributed by atoms with Gasteiger partial charge in [0.2, 0.25) is 0 Å². The number of hydrogen-bond acceptors (Lipinski definition) is 4. The molecular formula is C14H15IN2O4S. The van der Waals surface area contributed by atoms with E-state index in [9.17, 15) is 18.0 Å². The summed E-state index contributed by atoms with van der Waals surface area (Å²) < 4.78 is 25.2. The molecule has 22 heavy (non-hydrogen) atoms. The first-order valence-corrected chi connectivity index (χ1v) is 9.47. The van der Waals surface area contributed by atoms with Crippen molar-refractivity contribution in [2.45, 2.75) is 25.3 Å². The molecule has 0 radical (unpaired) electrons. The predicted molar refractivity (Wildman–Crippen MR) is 91.2 cm³/mol. The molecule has 0 unspecified atom stereocenters. The summed E-state index contributed by atoms with van der Waals surface area (Å²) in [6.07, 6.45) is 2.50. The van der Waals surface area contributed by atoms with Crippen molar-refractivity contribution < 1.29 is 13.2 Å². The lowest BCUT2D eigenvalue weighted by atomic mass is 10.0. The van der Waals surface area contributed by atoms with Gasteiger partial charge in [0.25, 0.3) is 5.56 Å². The molecule has 1 N–H and O–H groups in total. The van der Waals surface area contributed by atoms with Crippen LogP contribution in [0.1, 0.15) is 28.4 Å². The minimum Gasteiger partial charge on any atom is -0.302 e. The van der Waals surface area contributed by atoms with Crippen molar-refractivity contribution >= 4 is 38.2 Å². The number of benzene rings is 1. The Morgan fingerprint density at radius 3 is 2.45 bits per heavy atom. The predicted octanol–water partition coefficient (Wildman–Crippen LogP) is 1.74. The zero-order chi connectivity index (χ0) is 16.7. The van der Waals surface area contributed by atoms with Crippen LogP contribution in [-0.2, 0) is 16.4 Å². The number of nitrogens with one attached hydrogen (secondary N) is 1. The lowest BCUT2D eigenvalue weighted by Crippen LogP contribution is -2.21. The molecule has 0 atom stereocenters. The van der Waals surface area contributed by atoms with E-state index in [2.05, 4.69) is 5.10 Å². The molecule has 0 amide bonds. The Labute approximate surface area is 141 Å². The molecule has 0 saturated carbocycles. The molecule has 118 valence electrons. The Morgan fingerprint density at radius 1 is 1.32 bits per heavy atom. The van der Waals surface area contributed by atoms with Gasteiger partial charge in [-0.1, -0.05) is 0 Å². The molecule has 6 nitrogen and oxygen atoms in total. The lowest BCUT2D eigenvalue weighted by molar-refractivity contribution is 0.103. The van der Waals surface area contributed by atoms with Gasteiger partial charge < -0.3 is 5.10 Å². The second-order valence-corrected chi connectivity index (χ2v) is 7.95. The normalized spacial score (nSPS) is 11.6. The summed E-state index contributed by atoms with van der Waals surface area (Å²) in [6, 6.07) is 2.86. The fraction of sp³-hybridized carbons (Fsp3) is 0.286. The number of carbonyl (C=O) groups excluding carboxylic acids is 1. The minimum absolute atomic E-state index is 0.0489. The topological polar surface area (TPSA) is 89.0 Å². The second kappa shape index (κ2) is 5.99. The lowest BCUT2D eigenvalue weighted by Gasteiger charge is -2.09. The minimum atomic E-state index is -3.36. The average molecular weight is 434 g/mol. The number of halogens is 1. The maximum atomic E-state index is 12.5. The third-order valence-electron chi connectivity index (χ3n) is 3.40. The summed E-state index contributed by atoms with van der Waals surface area (Å²) in [5, 5.41) is 2.73. The van der Waals surface area contributed by atoms with Crippen LogP contribution < -0.4 is 5.56 Å². The molecule has 0 aliphatic rings. The Morgan fingerprint density at radius 2 is 1.95 bits per heavy atom. The summed E-state index contributed by atoms with van der Waals surface area (Å²) in [6.45, 7) is 3.91. The molecule has 0 aliphatic carbocycles. The van der Waals surface area contributed by atoms with Gasteiger partial charge in [-0.25, -0.2) is 8.42 Å². The van der Waals surface area contributed by atoms with Gasteiger partial charge in [0.1, 0.15) is 5.56 Å².